The third kappa shape index (κ3) is 4.67. The second-order valence-electron chi connectivity index (χ2n) is 7.82. The number of aryl methyl sites for hydroxylation is 1. The first-order valence-corrected chi connectivity index (χ1v) is 11.7. The highest BCUT2D eigenvalue weighted by Crippen LogP contribution is 2.24. The molecule has 2 aromatic heterocycles. The second kappa shape index (κ2) is 10.2. The summed E-state index contributed by atoms with van der Waals surface area (Å²) in [5.74, 6) is -1.64. The van der Waals surface area contributed by atoms with E-state index in [4.69, 9.17) is 4.74 Å². The molecule has 0 aliphatic rings. The van der Waals surface area contributed by atoms with Crippen LogP contribution in [0.2, 0.25) is 0 Å². The molecular formula is C24H22FN5O5S. The van der Waals surface area contributed by atoms with E-state index in [0.29, 0.717) is 5.56 Å². The summed E-state index contributed by atoms with van der Waals surface area (Å²) in [5, 5.41) is 2.92. The van der Waals surface area contributed by atoms with Gasteiger partial charge in [0.15, 0.2) is 16.3 Å². The molecule has 1 amide bonds. The summed E-state index contributed by atoms with van der Waals surface area (Å²) in [6.07, 6.45) is 0. The van der Waals surface area contributed by atoms with Crippen LogP contribution in [0.4, 0.5) is 10.1 Å². The van der Waals surface area contributed by atoms with Crippen LogP contribution >= 0.6 is 11.8 Å². The Balaban J connectivity index is 1.69. The van der Waals surface area contributed by atoms with Crippen molar-refractivity contribution >= 4 is 40.5 Å². The highest BCUT2D eigenvalue weighted by atomic mass is 32.2. The number of aromatic nitrogens is 4. The van der Waals surface area contributed by atoms with Crippen molar-refractivity contribution in [1.29, 1.82) is 0 Å². The van der Waals surface area contributed by atoms with Gasteiger partial charge in [-0.1, -0.05) is 42.1 Å². The maximum absolute atomic E-state index is 14.4. The summed E-state index contributed by atoms with van der Waals surface area (Å²) < 4.78 is 22.9. The molecule has 1 N–H and O–H groups in total. The third-order valence-electron chi connectivity index (χ3n) is 5.54. The van der Waals surface area contributed by atoms with Crippen molar-refractivity contribution in [2.45, 2.75) is 11.7 Å². The number of carbonyl (C=O) groups is 2. The molecule has 186 valence electrons. The van der Waals surface area contributed by atoms with E-state index < -0.39 is 28.9 Å². The molecule has 2 aromatic carbocycles. The lowest BCUT2D eigenvalue weighted by atomic mass is 10.2. The van der Waals surface area contributed by atoms with Gasteiger partial charge in [0.05, 0.1) is 30.7 Å². The minimum atomic E-state index is -0.595. The van der Waals surface area contributed by atoms with Gasteiger partial charge >= 0.3 is 11.7 Å². The van der Waals surface area contributed by atoms with Crippen molar-refractivity contribution in [2.75, 3.05) is 18.2 Å². The van der Waals surface area contributed by atoms with E-state index in [-0.39, 0.29) is 39.9 Å². The van der Waals surface area contributed by atoms with Gasteiger partial charge in [0.2, 0.25) is 5.91 Å². The lowest BCUT2D eigenvalue weighted by molar-refractivity contribution is -0.113. The number of nitrogens with zero attached hydrogens (tertiary/aromatic N) is 4. The molecule has 0 saturated heterocycles. The number of anilines is 1. The van der Waals surface area contributed by atoms with E-state index in [1.807, 2.05) is 0 Å². The summed E-state index contributed by atoms with van der Waals surface area (Å²) in [7, 11) is 4.08. The van der Waals surface area contributed by atoms with Crippen LogP contribution in [-0.4, -0.2) is 43.4 Å². The van der Waals surface area contributed by atoms with E-state index in [2.05, 4.69) is 10.3 Å². The number of imidazole rings is 1. The monoisotopic (exact) mass is 511 g/mol. The van der Waals surface area contributed by atoms with E-state index >= 15 is 0 Å². The van der Waals surface area contributed by atoms with Gasteiger partial charge in [0.1, 0.15) is 5.82 Å². The standard InChI is InChI=1S/C24H22FN5O5S/c1-28-20-19(21(32)29(2)24(28)34)30(12-14-8-4-6-10-16(14)25)23(27-20)36-13-18(31)26-17-11-7-5-9-15(17)22(33)35-3/h4-11H,12-13H2,1-3H3,(H,26,31). The smallest absolute Gasteiger partial charge is 0.339 e. The molecule has 0 bridgehead atoms. The van der Waals surface area contributed by atoms with Crippen LogP contribution in [0.3, 0.4) is 0 Å². The van der Waals surface area contributed by atoms with Gasteiger partial charge in [0, 0.05) is 19.7 Å². The van der Waals surface area contributed by atoms with Crippen molar-refractivity contribution in [3.05, 3.63) is 86.3 Å². The molecule has 0 spiro atoms. The number of thioether (sulfide) groups is 1. The molecule has 4 rings (SSSR count). The highest BCUT2D eigenvalue weighted by Gasteiger charge is 2.21. The van der Waals surface area contributed by atoms with Crippen molar-refractivity contribution in [2.24, 2.45) is 14.1 Å². The molecule has 4 aromatic rings. The number of esters is 1. The number of hydrogen-bond donors (Lipinski definition) is 1. The molecule has 36 heavy (non-hydrogen) atoms. The van der Waals surface area contributed by atoms with Crippen LogP contribution < -0.4 is 16.6 Å². The SMILES string of the molecule is COC(=O)c1ccccc1NC(=O)CSc1nc2c(c(=O)n(C)c(=O)n2C)n1Cc1ccccc1F. The lowest BCUT2D eigenvalue weighted by Crippen LogP contribution is -2.37. The van der Waals surface area contributed by atoms with Crippen molar-refractivity contribution < 1.29 is 18.7 Å². The molecule has 12 heteroatoms. The largest absolute Gasteiger partial charge is 0.465 e. The summed E-state index contributed by atoms with van der Waals surface area (Å²) in [4.78, 5) is 54.6. The normalized spacial score (nSPS) is 11.0. The molecular weight excluding hydrogens is 489 g/mol. The zero-order valence-corrected chi connectivity index (χ0v) is 20.5. The fourth-order valence-corrected chi connectivity index (χ4v) is 4.47. The Morgan fingerprint density at radius 2 is 1.75 bits per heavy atom. The summed E-state index contributed by atoms with van der Waals surface area (Å²) >= 11 is 1.01. The molecule has 10 nitrogen and oxygen atoms in total. The van der Waals surface area contributed by atoms with Crippen molar-refractivity contribution in [1.82, 2.24) is 18.7 Å². The van der Waals surface area contributed by atoms with Gasteiger partial charge in [-0.15, -0.1) is 0 Å². The highest BCUT2D eigenvalue weighted by molar-refractivity contribution is 7.99. The van der Waals surface area contributed by atoms with Gasteiger partial charge in [-0.25, -0.2) is 19.0 Å². The number of para-hydroxylation sites is 1. The lowest BCUT2D eigenvalue weighted by Gasteiger charge is -2.11. The van der Waals surface area contributed by atoms with Crippen LogP contribution in [0, 0.1) is 5.82 Å². The van der Waals surface area contributed by atoms with Crippen LogP contribution in [0.1, 0.15) is 15.9 Å². The number of amides is 1. The Bertz CT molecular complexity index is 1610. The topological polar surface area (TPSA) is 117 Å². The number of fused-ring (bicyclic) bond motifs is 1. The van der Waals surface area contributed by atoms with Crippen molar-refractivity contribution in [3.8, 4) is 0 Å². The summed E-state index contributed by atoms with van der Waals surface area (Å²) in [6.45, 7) is -0.0360. The second-order valence-corrected chi connectivity index (χ2v) is 8.77. The summed E-state index contributed by atoms with van der Waals surface area (Å²) in [5.41, 5.74) is -0.113. The first-order valence-electron chi connectivity index (χ1n) is 10.7. The maximum atomic E-state index is 14.4. The molecule has 0 fully saturated rings. The Kier molecular flexibility index (Phi) is 7.06. The number of halogens is 1. The minimum absolute atomic E-state index is 0.0360. The predicted molar refractivity (Wildman–Crippen MR) is 133 cm³/mol. The molecule has 2 heterocycles. The first-order chi connectivity index (χ1) is 17.2. The molecule has 0 aliphatic carbocycles. The third-order valence-corrected chi connectivity index (χ3v) is 6.51. The molecule has 0 aliphatic heterocycles. The summed E-state index contributed by atoms with van der Waals surface area (Å²) in [6, 6.07) is 12.5. The number of ether oxygens (including phenoxy) is 1. The average molecular weight is 512 g/mol. The maximum Gasteiger partial charge on any atom is 0.339 e. The molecule has 0 saturated carbocycles. The van der Waals surface area contributed by atoms with Gasteiger partial charge in [-0.05, 0) is 18.2 Å². The van der Waals surface area contributed by atoms with Gasteiger partial charge < -0.3 is 14.6 Å². The van der Waals surface area contributed by atoms with Crippen LogP contribution in [0.25, 0.3) is 11.2 Å². The van der Waals surface area contributed by atoms with E-state index in [1.165, 1.54) is 42.5 Å². The first kappa shape index (κ1) is 24.9. The number of methoxy groups -OCH3 is 1. The van der Waals surface area contributed by atoms with Crippen LogP contribution in [0.15, 0.2) is 63.3 Å². The number of carbonyl (C=O) groups excluding carboxylic acids is 2. The van der Waals surface area contributed by atoms with Gasteiger partial charge in [0.25, 0.3) is 5.56 Å². The minimum Gasteiger partial charge on any atom is -0.465 e. The van der Waals surface area contributed by atoms with Crippen LogP contribution in [-0.2, 0) is 30.2 Å². The zero-order chi connectivity index (χ0) is 26.0. The Morgan fingerprint density at radius 1 is 1.06 bits per heavy atom. The fourth-order valence-electron chi connectivity index (χ4n) is 3.68. The van der Waals surface area contributed by atoms with Crippen molar-refractivity contribution in [3.63, 3.8) is 0 Å². The van der Waals surface area contributed by atoms with Gasteiger partial charge in [-0.3, -0.25) is 18.7 Å². The number of nitrogens with one attached hydrogen (secondary N) is 1. The zero-order valence-electron chi connectivity index (χ0n) is 19.6. The Morgan fingerprint density at radius 3 is 2.47 bits per heavy atom. The number of hydrogen-bond acceptors (Lipinski definition) is 7. The number of benzene rings is 2. The molecule has 0 unspecified atom stereocenters. The van der Waals surface area contributed by atoms with Crippen LogP contribution in [0.5, 0.6) is 0 Å². The quantitative estimate of drug-likeness (QED) is 0.298. The van der Waals surface area contributed by atoms with E-state index in [9.17, 15) is 23.6 Å². The average Bonchev–Trinajstić information content (AvgIpc) is 3.24. The molecule has 0 atom stereocenters. The molecule has 0 radical (unpaired) electrons. The Labute approximate surface area is 208 Å². The predicted octanol–water partition coefficient (Wildman–Crippen LogP) is 2.14. The number of rotatable bonds is 7. The van der Waals surface area contributed by atoms with Gasteiger partial charge in [-0.2, -0.15) is 0 Å². The van der Waals surface area contributed by atoms with E-state index in [1.54, 1.807) is 36.4 Å². The van der Waals surface area contributed by atoms with E-state index in [0.717, 1.165) is 16.3 Å². The Hall–Kier alpha value is -4.19. The fraction of sp³-hybridized carbons (Fsp3) is 0.208.